The molecule has 0 aromatic carbocycles. The van der Waals surface area contributed by atoms with Gasteiger partial charge < -0.3 is 10.4 Å². The van der Waals surface area contributed by atoms with Crippen LogP contribution in [0, 0.1) is 0 Å². The molecule has 0 bridgehead atoms. The zero-order valence-electron chi connectivity index (χ0n) is 7.26. The Morgan fingerprint density at radius 1 is 1.55 bits per heavy atom. The van der Waals surface area contributed by atoms with Crippen molar-refractivity contribution in [2.24, 2.45) is 0 Å². The molecule has 0 saturated carbocycles. The molecule has 11 heavy (non-hydrogen) atoms. The van der Waals surface area contributed by atoms with Crippen molar-refractivity contribution in [2.45, 2.75) is 45.8 Å². The van der Waals surface area contributed by atoms with Crippen molar-refractivity contribution in [1.82, 2.24) is 5.32 Å². The van der Waals surface area contributed by atoms with Crippen molar-refractivity contribution in [3.63, 3.8) is 0 Å². The lowest BCUT2D eigenvalue weighted by Gasteiger charge is -2.09. The predicted octanol–water partition coefficient (Wildman–Crippen LogP) is 1.02. The zero-order chi connectivity index (χ0) is 8.69. The van der Waals surface area contributed by atoms with Gasteiger partial charge in [-0.3, -0.25) is 4.79 Å². The van der Waals surface area contributed by atoms with E-state index in [0.29, 0.717) is 12.8 Å². The fourth-order valence-electron chi connectivity index (χ4n) is 0.697. The maximum absolute atomic E-state index is 10.9. The van der Waals surface area contributed by atoms with Crippen LogP contribution in [0.25, 0.3) is 0 Å². The second-order valence-electron chi connectivity index (χ2n) is 2.60. The van der Waals surface area contributed by atoms with Crippen LogP contribution in [-0.4, -0.2) is 17.2 Å². The monoisotopic (exact) mass is 159 g/mol. The van der Waals surface area contributed by atoms with Gasteiger partial charge in [-0.2, -0.15) is 0 Å². The molecule has 3 heteroatoms. The Morgan fingerprint density at radius 2 is 2.18 bits per heavy atom. The first-order valence-electron chi connectivity index (χ1n) is 4.18. The third kappa shape index (κ3) is 5.85. The van der Waals surface area contributed by atoms with Crippen molar-refractivity contribution < 1.29 is 9.90 Å². The minimum atomic E-state index is -0.667. The van der Waals surface area contributed by atoms with Crippen molar-refractivity contribution >= 4 is 5.91 Å². The maximum Gasteiger partial charge on any atom is 0.221 e. The second-order valence-corrected chi connectivity index (χ2v) is 2.60. The van der Waals surface area contributed by atoms with Gasteiger partial charge in [-0.25, -0.2) is 0 Å². The molecular formula is C8H17NO2. The standard InChI is InChI=1S/C8H17NO2/c1-3-5-6-8(11)9-7(10)4-2/h7,10H,3-6H2,1-2H3,(H,9,11). The van der Waals surface area contributed by atoms with E-state index in [0.717, 1.165) is 12.8 Å². The summed E-state index contributed by atoms with van der Waals surface area (Å²) < 4.78 is 0. The largest absolute Gasteiger partial charge is 0.374 e. The van der Waals surface area contributed by atoms with E-state index in [2.05, 4.69) is 5.32 Å². The third-order valence-corrected chi connectivity index (χ3v) is 1.47. The first-order chi connectivity index (χ1) is 5.20. The Balaban J connectivity index is 3.36. The molecule has 2 N–H and O–H groups in total. The van der Waals surface area contributed by atoms with E-state index < -0.39 is 6.23 Å². The summed E-state index contributed by atoms with van der Waals surface area (Å²) in [6.45, 7) is 3.86. The smallest absolute Gasteiger partial charge is 0.221 e. The molecule has 0 aliphatic rings. The lowest BCUT2D eigenvalue weighted by molar-refractivity contribution is -0.124. The minimum absolute atomic E-state index is 0.0544. The molecule has 1 atom stereocenters. The van der Waals surface area contributed by atoms with Crippen LogP contribution in [0.5, 0.6) is 0 Å². The highest BCUT2D eigenvalue weighted by Gasteiger charge is 2.04. The quantitative estimate of drug-likeness (QED) is 0.588. The molecule has 0 radical (unpaired) electrons. The predicted molar refractivity (Wildman–Crippen MR) is 44.0 cm³/mol. The molecule has 0 spiro atoms. The molecule has 0 aliphatic heterocycles. The first-order valence-corrected chi connectivity index (χ1v) is 4.18. The van der Waals surface area contributed by atoms with E-state index >= 15 is 0 Å². The van der Waals surface area contributed by atoms with Gasteiger partial charge in [0.2, 0.25) is 5.91 Å². The highest BCUT2D eigenvalue weighted by Crippen LogP contribution is 1.94. The van der Waals surface area contributed by atoms with Gasteiger partial charge in [0, 0.05) is 6.42 Å². The lowest BCUT2D eigenvalue weighted by Crippen LogP contribution is -2.33. The number of rotatable bonds is 5. The van der Waals surface area contributed by atoms with E-state index in [1.807, 2.05) is 13.8 Å². The van der Waals surface area contributed by atoms with E-state index in [9.17, 15) is 4.79 Å². The van der Waals surface area contributed by atoms with Gasteiger partial charge in [-0.1, -0.05) is 20.3 Å². The third-order valence-electron chi connectivity index (χ3n) is 1.47. The van der Waals surface area contributed by atoms with Gasteiger partial charge in [0.15, 0.2) is 0 Å². The topological polar surface area (TPSA) is 49.3 Å². The number of carbonyl (C=O) groups excluding carboxylic acids is 1. The normalized spacial score (nSPS) is 12.6. The van der Waals surface area contributed by atoms with Gasteiger partial charge in [0.1, 0.15) is 6.23 Å². The van der Waals surface area contributed by atoms with Gasteiger partial charge in [-0.05, 0) is 12.8 Å². The first kappa shape index (κ1) is 10.4. The number of aliphatic hydroxyl groups is 1. The Labute approximate surface area is 67.8 Å². The SMILES string of the molecule is CCCCC(=O)NC(O)CC. The van der Waals surface area contributed by atoms with Gasteiger partial charge in [0.05, 0.1) is 0 Å². The van der Waals surface area contributed by atoms with Crippen LogP contribution in [0.2, 0.25) is 0 Å². The van der Waals surface area contributed by atoms with E-state index in [1.54, 1.807) is 0 Å². The van der Waals surface area contributed by atoms with Crippen LogP contribution < -0.4 is 5.32 Å². The molecule has 0 aliphatic carbocycles. The fourth-order valence-corrected chi connectivity index (χ4v) is 0.697. The highest BCUT2D eigenvalue weighted by atomic mass is 16.3. The average molecular weight is 159 g/mol. The Morgan fingerprint density at radius 3 is 2.64 bits per heavy atom. The maximum atomic E-state index is 10.9. The summed E-state index contributed by atoms with van der Waals surface area (Å²) in [5.74, 6) is -0.0544. The fraction of sp³-hybridized carbons (Fsp3) is 0.875. The summed E-state index contributed by atoms with van der Waals surface area (Å²) in [7, 11) is 0. The van der Waals surface area contributed by atoms with Crippen LogP contribution in [0.3, 0.4) is 0 Å². The van der Waals surface area contributed by atoms with Crippen molar-refractivity contribution in [3.8, 4) is 0 Å². The molecular weight excluding hydrogens is 142 g/mol. The summed E-state index contributed by atoms with van der Waals surface area (Å²) in [5, 5.41) is 11.5. The van der Waals surface area contributed by atoms with Crippen LogP contribution in [0.15, 0.2) is 0 Å². The van der Waals surface area contributed by atoms with Crippen LogP contribution in [0.1, 0.15) is 39.5 Å². The number of carbonyl (C=O) groups is 1. The molecule has 1 unspecified atom stereocenters. The summed E-state index contributed by atoms with van der Waals surface area (Å²) in [6.07, 6.45) is 2.32. The number of hydrogen-bond acceptors (Lipinski definition) is 2. The Kier molecular flexibility index (Phi) is 5.84. The molecule has 0 rings (SSSR count). The van der Waals surface area contributed by atoms with Gasteiger partial charge >= 0.3 is 0 Å². The highest BCUT2D eigenvalue weighted by molar-refractivity contribution is 5.75. The summed E-state index contributed by atoms with van der Waals surface area (Å²) in [4.78, 5) is 10.9. The zero-order valence-corrected chi connectivity index (χ0v) is 7.26. The number of hydrogen-bond donors (Lipinski definition) is 2. The molecule has 66 valence electrons. The molecule has 3 nitrogen and oxygen atoms in total. The summed E-state index contributed by atoms with van der Waals surface area (Å²) in [6, 6.07) is 0. The molecule has 1 amide bonds. The van der Waals surface area contributed by atoms with E-state index in [4.69, 9.17) is 5.11 Å². The Hall–Kier alpha value is -0.570. The number of aliphatic hydroxyl groups excluding tert-OH is 1. The summed E-state index contributed by atoms with van der Waals surface area (Å²) in [5.41, 5.74) is 0. The van der Waals surface area contributed by atoms with E-state index in [1.165, 1.54) is 0 Å². The van der Waals surface area contributed by atoms with Gasteiger partial charge in [-0.15, -0.1) is 0 Å². The number of nitrogens with one attached hydrogen (secondary N) is 1. The number of unbranched alkanes of at least 4 members (excludes halogenated alkanes) is 1. The van der Waals surface area contributed by atoms with Gasteiger partial charge in [0.25, 0.3) is 0 Å². The molecule has 0 fully saturated rings. The molecule has 0 saturated heterocycles. The summed E-state index contributed by atoms with van der Waals surface area (Å²) >= 11 is 0. The minimum Gasteiger partial charge on any atom is -0.374 e. The average Bonchev–Trinajstić information content (AvgIpc) is 2.00. The second kappa shape index (κ2) is 6.16. The van der Waals surface area contributed by atoms with E-state index in [-0.39, 0.29) is 5.91 Å². The van der Waals surface area contributed by atoms with Crippen molar-refractivity contribution in [2.75, 3.05) is 0 Å². The Bertz CT molecular complexity index is 115. The molecule has 0 aromatic rings. The lowest BCUT2D eigenvalue weighted by atomic mass is 10.2. The van der Waals surface area contributed by atoms with Crippen molar-refractivity contribution in [1.29, 1.82) is 0 Å². The number of amides is 1. The van der Waals surface area contributed by atoms with Crippen LogP contribution in [-0.2, 0) is 4.79 Å². The van der Waals surface area contributed by atoms with Crippen molar-refractivity contribution in [3.05, 3.63) is 0 Å². The molecule has 0 aromatic heterocycles. The van der Waals surface area contributed by atoms with Crippen LogP contribution >= 0.6 is 0 Å². The van der Waals surface area contributed by atoms with Crippen LogP contribution in [0.4, 0.5) is 0 Å². The molecule has 0 heterocycles.